The van der Waals surface area contributed by atoms with Gasteiger partial charge >= 0.3 is 0 Å². The first-order chi connectivity index (χ1) is 10.2. The van der Waals surface area contributed by atoms with E-state index in [1.807, 2.05) is 4.57 Å². The molecule has 1 saturated carbocycles. The highest BCUT2D eigenvalue weighted by Crippen LogP contribution is 2.27. The summed E-state index contributed by atoms with van der Waals surface area (Å²) in [7, 11) is 0. The number of imidazole rings is 1. The van der Waals surface area contributed by atoms with E-state index in [0.29, 0.717) is 18.4 Å². The van der Waals surface area contributed by atoms with E-state index >= 15 is 0 Å². The van der Waals surface area contributed by atoms with Crippen molar-refractivity contribution in [2.75, 3.05) is 17.7 Å². The predicted molar refractivity (Wildman–Crippen MR) is 81.8 cm³/mol. The number of aliphatic hydroxyl groups is 1. The number of hydrogen-bond donors (Lipinski definition) is 3. The smallest absolute Gasteiger partial charge is 0.224 e. The number of aromatic nitrogens is 4. The number of hydrogen-bond acceptors (Lipinski definition) is 6. The van der Waals surface area contributed by atoms with Gasteiger partial charge in [-0.05, 0) is 19.3 Å². The summed E-state index contributed by atoms with van der Waals surface area (Å²) in [4.78, 5) is 12.9. The van der Waals surface area contributed by atoms with Crippen LogP contribution >= 0.6 is 0 Å². The summed E-state index contributed by atoms with van der Waals surface area (Å²) in [5.41, 5.74) is 7.27. The number of anilines is 2. The second-order valence-corrected chi connectivity index (χ2v) is 5.43. The van der Waals surface area contributed by atoms with Gasteiger partial charge in [-0.15, -0.1) is 6.58 Å². The Bertz CT molecular complexity index is 648. The van der Waals surface area contributed by atoms with Crippen molar-refractivity contribution in [2.45, 2.75) is 31.8 Å². The molecule has 0 amide bonds. The van der Waals surface area contributed by atoms with Gasteiger partial charge < -0.3 is 20.7 Å². The monoisotopic (exact) mass is 288 g/mol. The van der Waals surface area contributed by atoms with Crippen molar-refractivity contribution < 1.29 is 5.11 Å². The van der Waals surface area contributed by atoms with E-state index in [2.05, 4.69) is 26.8 Å². The first-order valence-electron chi connectivity index (χ1n) is 7.19. The van der Waals surface area contributed by atoms with Crippen LogP contribution in [0.15, 0.2) is 19.0 Å². The van der Waals surface area contributed by atoms with Crippen LogP contribution in [0.25, 0.3) is 11.2 Å². The van der Waals surface area contributed by atoms with Crippen LogP contribution in [0.5, 0.6) is 0 Å². The molecule has 0 radical (unpaired) electrons. The zero-order valence-corrected chi connectivity index (χ0v) is 11.9. The maximum atomic E-state index is 9.21. The molecule has 7 heteroatoms. The Morgan fingerprint density at radius 3 is 3.00 bits per heavy atom. The van der Waals surface area contributed by atoms with Gasteiger partial charge in [0.15, 0.2) is 17.0 Å². The number of nitrogen functional groups attached to an aromatic ring is 1. The molecule has 7 nitrogen and oxygen atoms in total. The van der Waals surface area contributed by atoms with Crippen LogP contribution in [0.3, 0.4) is 0 Å². The molecule has 112 valence electrons. The number of nitrogens with one attached hydrogen (secondary N) is 1. The number of fused-ring (bicyclic) bond motifs is 1. The lowest BCUT2D eigenvalue weighted by Gasteiger charge is -2.10. The van der Waals surface area contributed by atoms with E-state index < -0.39 is 0 Å². The summed E-state index contributed by atoms with van der Waals surface area (Å²) in [6, 6.07) is 0.479. The van der Waals surface area contributed by atoms with Gasteiger partial charge in [-0.3, -0.25) is 0 Å². The van der Waals surface area contributed by atoms with Crippen molar-refractivity contribution in [2.24, 2.45) is 5.92 Å². The zero-order chi connectivity index (χ0) is 14.8. The lowest BCUT2D eigenvalue weighted by Crippen LogP contribution is -2.10. The molecule has 0 aromatic carbocycles. The summed E-state index contributed by atoms with van der Waals surface area (Å²) < 4.78 is 1.94. The normalized spacial score (nSPS) is 16.0. The summed E-state index contributed by atoms with van der Waals surface area (Å²) in [6.07, 6.45) is 6.60. The quantitative estimate of drug-likeness (QED) is 0.661. The van der Waals surface area contributed by atoms with Crippen LogP contribution in [-0.2, 0) is 6.54 Å². The molecule has 2 aromatic heterocycles. The Labute approximate surface area is 122 Å². The van der Waals surface area contributed by atoms with Crippen LogP contribution < -0.4 is 11.1 Å². The minimum absolute atomic E-state index is 0.0747. The molecule has 0 bridgehead atoms. The van der Waals surface area contributed by atoms with Gasteiger partial charge in [-0.25, -0.2) is 4.98 Å². The van der Waals surface area contributed by atoms with E-state index in [4.69, 9.17) is 5.73 Å². The average molecular weight is 288 g/mol. The molecule has 1 atom stereocenters. The molecule has 21 heavy (non-hydrogen) atoms. The summed E-state index contributed by atoms with van der Waals surface area (Å²) in [6.45, 7) is 4.52. The maximum absolute atomic E-state index is 9.21. The molecule has 0 saturated heterocycles. The summed E-state index contributed by atoms with van der Waals surface area (Å²) >= 11 is 0. The maximum Gasteiger partial charge on any atom is 0.224 e. The van der Waals surface area contributed by atoms with Crippen molar-refractivity contribution >= 4 is 22.9 Å². The van der Waals surface area contributed by atoms with Crippen LogP contribution in [0.4, 0.5) is 11.8 Å². The molecular weight excluding hydrogens is 268 g/mol. The minimum Gasteiger partial charge on any atom is -0.396 e. The van der Waals surface area contributed by atoms with Crippen molar-refractivity contribution in [1.29, 1.82) is 0 Å². The van der Waals surface area contributed by atoms with Crippen molar-refractivity contribution in [3.8, 4) is 0 Å². The van der Waals surface area contributed by atoms with Crippen molar-refractivity contribution in [1.82, 2.24) is 19.5 Å². The molecule has 1 fully saturated rings. The van der Waals surface area contributed by atoms with E-state index in [1.165, 1.54) is 0 Å². The predicted octanol–water partition coefficient (Wildman–Crippen LogP) is 1.17. The highest BCUT2D eigenvalue weighted by atomic mass is 16.3. The highest BCUT2D eigenvalue weighted by Gasteiger charge is 2.23. The standard InChI is InChI=1S/C14H20N6O/c1-2-9(7-21)5-6-20-8-16-11-12(17-10-3-4-10)18-14(15)19-13(11)20/h2,8-10,21H,1,3-7H2,(H3,15,17,18,19). The van der Waals surface area contributed by atoms with Gasteiger partial charge in [0, 0.05) is 25.1 Å². The Hall–Kier alpha value is -2.15. The Balaban J connectivity index is 1.86. The zero-order valence-electron chi connectivity index (χ0n) is 11.9. The third-order valence-corrected chi connectivity index (χ3v) is 3.71. The molecule has 1 aliphatic carbocycles. The van der Waals surface area contributed by atoms with Gasteiger partial charge in [-0.2, -0.15) is 9.97 Å². The Morgan fingerprint density at radius 2 is 2.33 bits per heavy atom. The van der Waals surface area contributed by atoms with Crippen LogP contribution in [0, 0.1) is 5.92 Å². The number of rotatable bonds is 7. The Kier molecular flexibility index (Phi) is 3.74. The van der Waals surface area contributed by atoms with Crippen LogP contribution in [0.1, 0.15) is 19.3 Å². The minimum atomic E-state index is 0.0747. The third-order valence-electron chi connectivity index (χ3n) is 3.71. The molecule has 0 spiro atoms. The first-order valence-corrected chi connectivity index (χ1v) is 7.19. The lowest BCUT2D eigenvalue weighted by atomic mass is 10.1. The molecule has 3 rings (SSSR count). The largest absolute Gasteiger partial charge is 0.396 e. The van der Waals surface area contributed by atoms with Gasteiger partial charge in [0.1, 0.15) is 0 Å². The second-order valence-electron chi connectivity index (χ2n) is 5.43. The van der Waals surface area contributed by atoms with Crippen LogP contribution in [0.2, 0.25) is 0 Å². The van der Waals surface area contributed by atoms with E-state index in [-0.39, 0.29) is 18.5 Å². The van der Waals surface area contributed by atoms with Crippen molar-refractivity contribution in [3.63, 3.8) is 0 Å². The fourth-order valence-electron chi connectivity index (χ4n) is 2.23. The molecule has 1 unspecified atom stereocenters. The highest BCUT2D eigenvalue weighted by molar-refractivity contribution is 5.84. The summed E-state index contributed by atoms with van der Waals surface area (Å²) in [5, 5.41) is 12.5. The second kappa shape index (κ2) is 5.69. The number of nitrogens with two attached hydrogens (primary N) is 1. The fraction of sp³-hybridized carbons (Fsp3) is 0.500. The molecule has 1 aliphatic rings. The lowest BCUT2D eigenvalue weighted by molar-refractivity contribution is 0.242. The number of nitrogens with zero attached hydrogens (tertiary/aromatic N) is 4. The number of aliphatic hydroxyl groups excluding tert-OH is 1. The Morgan fingerprint density at radius 1 is 1.52 bits per heavy atom. The van der Waals surface area contributed by atoms with Gasteiger partial charge in [0.05, 0.1) is 6.33 Å². The van der Waals surface area contributed by atoms with Gasteiger partial charge in [0.2, 0.25) is 5.95 Å². The van der Waals surface area contributed by atoms with E-state index in [9.17, 15) is 5.11 Å². The van der Waals surface area contributed by atoms with E-state index in [1.54, 1.807) is 12.4 Å². The van der Waals surface area contributed by atoms with Gasteiger partial charge in [0.25, 0.3) is 0 Å². The number of aryl methyl sites for hydroxylation is 1. The third kappa shape index (κ3) is 2.97. The first kappa shape index (κ1) is 13.8. The van der Waals surface area contributed by atoms with Crippen LogP contribution in [-0.4, -0.2) is 37.3 Å². The molecule has 2 heterocycles. The van der Waals surface area contributed by atoms with Crippen molar-refractivity contribution in [3.05, 3.63) is 19.0 Å². The molecular formula is C14H20N6O. The molecule has 0 aliphatic heterocycles. The average Bonchev–Trinajstić information content (AvgIpc) is 3.19. The molecule has 4 N–H and O–H groups in total. The molecule has 2 aromatic rings. The summed E-state index contributed by atoms with van der Waals surface area (Å²) in [5.74, 6) is 1.03. The fourth-order valence-corrected chi connectivity index (χ4v) is 2.23. The SMILES string of the molecule is C=CC(CO)CCn1cnc2c(NC3CC3)nc(N)nc21. The topological polar surface area (TPSA) is 102 Å². The van der Waals surface area contributed by atoms with Gasteiger partial charge in [-0.1, -0.05) is 6.08 Å². The van der Waals surface area contributed by atoms with E-state index in [0.717, 1.165) is 30.4 Å².